The maximum Gasteiger partial charge on any atom is 0.196 e. The highest BCUT2D eigenvalue weighted by Crippen LogP contribution is 2.48. The average molecular weight is 511 g/mol. The molecule has 0 bridgehead atoms. The fourth-order valence-electron chi connectivity index (χ4n) is 5.30. The van der Waals surface area contributed by atoms with Gasteiger partial charge in [0.25, 0.3) is 0 Å². The number of nitrogens with one attached hydrogen (secondary N) is 1. The van der Waals surface area contributed by atoms with Crippen molar-refractivity contribution in [1.29, 1.82) is 0 Å². The van der Waals surface area contributed by atoms with E-state index in [0.29, 0.717) is 22.4 Å². The van der Waals surface area contributed by atoms with Gasteiger partial charge in [-0.1, -0.05) is 71.7 Å². The molecule has 0 aromatic heterocycles. The molecule has 3 aromatic carbocycles. The van der Waals surface area contributed by atoms with E-state index in [2.05, 4.69) is 10.3 Å². The minimum absolute atomic E-state index is 0.122. The lowest BCUT2D eigenvalue weighted by Crippen LogP contribution is -2.42. The van der Waals surface area contributed by atoms with E-state index in [1.54, 1.807) is 48.5 Å². The van der Waals surface area contributed by atoms with E-state index in [0.717, 1.165) is 0 Å². The number of halogens is 2. The monoisotopic (exact) mass is 510 g/mol. The van der Waals surface area contributed by atoms with Crippen molar-refractivity contribution in [2.75, 3.05) is 5.32 Å². The third-order valence-corrected chi connectivity index (χ3v) is 7.54. The summed E-state index contributed by atoms with van der Waals surface area (Å²) in [7, 11) is 0. The van der Waals surface area contributed by atoms with Crippen LogP contribution in [0, 0.1) is 0 Å². The van der Waals surface area contributed by atoms with Crippen LogP contribution in [0.4, 0.5) is 11.4 Å². The molecular formula is C28H12Cl2N2O4. The molecule has 1 N–H and O–H groups in total. The number of carbonyl (C=O) groups excluding carboxylic acids is 4. The molecule has 3 aromatic rings. The Hall–Kier alpha value is -4.13. The van der Waals surface area contributed by atoms with Gasteiger partial charge in [-0.2, -0.15) is 0 Å². The molecule has 36 heavy (non-hydrogen) atoms. The number of Topliss-reactive ketones (excluding diaryl/α,β-unsaturated/α-hetero) is 2. The Labute approximate surface area is 213 Å². The first-order valence-corrected chi connectivity index (χ1v) is 11.8. The summed E-state index contributed by atoms with van der Waals surface area (Å²) < 4.78 is 0. The number of hydrogen-bond acceptors (Lipinski definition) is 6. The fraction of sp³-hybridized carbons (Fsp3) is 0.0357. The maximum atomic E-state index is 13.5. The lowest BCUT2D eigenvalue weighted by Gasteiger charge is -2.35. The smallest absolute Gasteiger partial charge is 0.196 e. The Bertz CT molecular complexity index is 1760. The zero-order chi connectivity index (χ0) is 24.9. The molecule has 0 fully saturated rings. The molecule has 0 saturated carbocycles. The van der Waals surface area contributed by atoms with Crippen LogP contribution in [0.5, 0.6) is 0 Å². The van der Waals surface area contributed by atoms with Crippen LogP contribution in [0.1, 0.15) is 52.6 Å². The molecule has 0 spiro atoms. The van der Waals surface area contributed by atoms with Gasteiger partial charge in [0.15, 0.2) is 23.1 Å². The normalized spacial score (nSPS) is 19.2. The zero-order valence-electron chi connectivity index (χ0n) is 18.2. The molecule has 1 heterocycles. The van der Waals surface area contributed by atoms with E-state index in [4.69, 9.17) is 23.2 Å². The highest BCUT2D eigenvalue weighted by atomic mass is 35.5. The predicted molar refractivity (Wildman–Crippen MR) is 135 cm³/mol. The second-order valence-corrected chi connectivity index (χ2v) is 9.62. The van der Waals surface area contributed by atoms with Gasteiger partial charge in [0.1, 0.15) is 11.7 Å². The van der Waals surface area contributed by atoms with Crippen LogP contribution in [0.25, 0.3) is 0 Å². The number of anilines is 1. The summed E-state index contributed by atoms with van der Waals surface area (Å²) >= 11 is 13.2. The van der Waals surface area contributed by atoms with Crippen LogP contribution < -0.4 is 5.32 Å². The van der Waals surface area contributed by atoms with Crippen molar-refractivity contribution >= 4 is 63.4 Å². The van der Waals surface area contributed by atoms with E-state index < -0.39 is 6.04 Å². The summed E-state index contributed by atoms with van der Waals surface area (Å²) in [5.41, 5.74) is 2.63. The van der Waals surface area contributed by atoms with Crippen LogP contribution >= 0.6 is 23.2 Å². The Morgan fingerprint density at radius 2 is 1.31 bits per heavy atom. The third-order valence-electron chi connectivity index (χ3n) is 6.94. The number of hydrogen-bond donors (Lipinski definition) is 1. The molecule has 172 valence electrons. The Morgan fingerprint density at radius 1 is 0.722 bits per heavy atom. The molecule has 1 unspecified atom stereocenters. The van der Waals surface area contributed by atoms with Gasteiger partial charge in [0, 0.05) is 39.0 Å². The summed E-state index contributed by atoms with van der Waals surface area (Å²) in [6.07, 6.45) is 1.44. The first-order chi connectivity index (χ1) is 17.4. The number of allylic oxidation sites excluding steroid dienone is 2. The molecule has 7 rings (SSSR count). The molecule has 0 saturated heterocycles. The molecule has 3 aliphatic carbocycles. The summed E-state index contributed by atoms with van der Waals surface area (Å²) in [4.78, 5) is 58.1. The lowest BCUT2D eigenvalue weighted by atomic mass is 9.76. The SMILES string of the molecule is O=C1C2=C(C(=O)c3ccccc31)C1Nc3c(Cl)cc4c(c3N=C1C(Cl)=C2)C(=O)c1ccccc1C4=O. The van der Waals surface area contributed by atoms with E-state index >= 15 is 0 Å². The first kappa shape index (κ1) is 21.2. The van der Waals surface area contributed by atoms with Crippen LogP contribution in [0.3, 0.4) is 0 Å². The summed E-state index contributed by atoms with van der Waals surface area (Å²) in [6, 6.07) is 13.8. The van der Waals surface area contributed by atoms with Crippen LogP contribution in [-0.2, 0) is 0 Å². The number of rotatable bonds is 0. The second-order valence-electron chi connectivity index (χ2n) is 8.81. The minimum Gasteiger partial charge on any atom is -0.370 e. The summed E-state index contributed by atoms with van der Waals surface area (Å²) in [5, 5.41) is 3.52. The van der Waals surface area contributed by atoms with Crippen LogP contribution in [0.2, 0.25) is 5.02 Å². The van der Waals surface area contributed by atoms with Crippen LogP contribution in [-0.4, -0.2) is 34.9 Å². The van der Waals surface area contributed by atoms with Gasteiger partial charge in [0.2, 0.25) is 0 Å². The quantitative estimate of drug-likeness (QED) is 0.337. The van der Waals surface area contributed by atoms with Crippen molar-refractivity contribution in [1.82, 2.24) is 0 Å². The number of benzene rings is 3. The Morgan fingerprint density at radius 3 is 1.97 bits per heavy atom. The van der Waals surface area contributed by atoms with Crippen molar-refractivity contribution in [2.24, 2.45) is 4.99 Å². The number of fused-ring (bicyclic) bond motifs is 7. The molecule has 4 aliphatic rings. The third kappa shape index (κ3) is 2.60. The highest BCUT2D eigenvalue weighted by Gasteiger charge is 2.44. The number of ketones is 4. The van der Waals surface area contributed by atoms with Gasteiger partial charge in [-0.15, -0.1) is 0 Å². The second kappa shape index (κ2) is 7.20. The number of aliphatic imine (C=N–C) groups is 1. The molecule has 0 amide bonds. The minimum atomic E-state index is -0.855. The van der Waals surface area contributed by atoms with Crippen molar-refractivity contribution < 1.29 is 19.2 Å². The highest BCUT2D eigenvalue weighted by molar-refractivity contribution is 6.49. The van der Waals surface area contributed by atoms with Crippen molar-refractivity contribution in [3.05, 3.63) is 115 Å². The number of nitrogens with zero attached hydrogens (tertiary/aromatic N) is 1. The van der Waals surface area contributed by atoms with Crippen molar-refractivity contribution in [3.8, 4) is 0 Å². The Kier molecular flexibility index (Phi) is 4.23. The standard InChI is InChI=1S/C28H12Cl2N2O4/c29-17-9-15-19(27(35)13-7-3-1-5-11(13)25(15)33)23-21(17)32-24-20-16(10-18(30)22(24)31-23)26(34)12-6-2-4-8-14(12)28(20)36/h1-10,23,31H. The van der Waals surface area contributed by atoms with E-state index in [1.165, 1.54) is 12.1 Å². The summed E-state index contributed by atoms with van der Waals surface area (Å²) in [6.45, 7) is 0. The molecule has 0 radical (unpaired) electrons. The van der Waals surface area contributed by atoms with Gasteiger partial charge < -0.3 is 5.32 Å². The largest absolute Gasteiger partial charge is 0.370 e. The zero-order valence-corrected chi connectivity index (χ0v) is 19.7. The molecular weight excluding hydrogens is 499 g/mol. The maximum absolute atomic E-state index is 13.5. The topological polar surface area (TPSA) is 92.7 Å². The number of carbonyl (C=O) groups is 4. The fourth-order valence-corrected chi connectivity index (χ4v) is 5.81. The predicted octanol–water partition coefficient (Wildman–Crippen LogP) is 5.49. The van der Waals surface area contributed by atoms with Gasteiger partial charge in [-0.05, 0) is 12.1 Å². The molecule has 1 atom stereocenters. The van der Waals surface area contributed by atoms with Gasteiger partial charge in [-0.3, -0.25) is 19.2 Å². The van der Waals surface area contributed by atoms with Gasteiger partial charge >= 0.3 is 0 Å². The molecule has 6 nitrogen and oxygen atoms in total. The van der Waals surface area contributed by atoms with Gasteiger partial charge in [0.05, 0.1) is 27.0 Å². The average Bonchev–Trinajstić information content (AvgIpc) is 2.89. The van der Waals surface area contributed by atoms with Gasteiger partial charge in [-0.25, -0.2) is 4.99 Å². The molecule has 1 aliphatic heterocycles. The van der Waals surface area contributed by atoms with Crippen LogP contribution in [0.15, 0.2) is 81.8 Å². The first-order valence-electron chi connectivity index (χ1n) is 11.1. The summed E-state index contributed by atoms with van der Waals surface area (Å²) in [5.74, 6) is -1.30. The molecule has 8 heteroatoms. The van der Waals surface area contributed by atoms with E-state index in [-0.39, 0.29) is 72.4 Å². The van der Waals surface area contributed by atoms with Crippen molar-refractivity contribution in [3.63, 3.8) is 0 Å². The Balaban J connectivity index is 1.45. The lowest BCUT2D eigenvalue weighted by molar-refractivity contribution is 0.0975. The van der Waals surface area contributed by atoms with E-state index in [1.807, 2.05) is 0 Å². The van der Waals surface area contributed by atoms with Crippen molar-refractivity contribution in [2.45, 2.75) is 6.04 Å². The van der Waals surface area contributed by atoms with E-state index in [9.17, 15) is 19.2 Å².